The Kier molecular flexibility index (Phi) is 4.35. The minimum Gasteiger partial charge on any atom is -0.323 e. The molecule has 0 amide bonds. The van der Waals surface area contributed by atoms with Crippen LogP contribution in [0.25, 0.3) is 0 Å². The third-order valence-corrected chi connectivity index (χ3v) is 1.47. The molecule has 0 aliphatic rings. The molecular formula is C3H7NO2S2. The fourth-order valence-electron chi connectivity index (χ4n) is 0.142. The quantitative estimate of drug-likeness (QED) is 0.385. The van der Waals surface area contributed by atoms with Gasteiger partial charge in [-0.15, -0.1) is 0 Å². The average molecular weight is 153 g/mol. The van der Waals surface area contributed by atoms with Gasteiger partial charge in [0.2, 0.25) is 5.12 Å². The van der Waals surface area contributed by atoms with Crippen LogP contribution in [0.3, 0.4) is 0 Å². The molecule has 0 fully saturated rings. The van der Waals surface area contributed by atoms with E-state index >= 15 is 0 Å². The number of rotatable bonds is 2. The van der Waals surface area contributed by atoms with Gasteiger partial charge in [-0.05, 0) is 0 Å². The van der Waals surface area contributed by atoms with Crippen LogP contribution in [0.5, 0.6) is 0 Å². The highest BCUT2D eigenvalue weighted by Crippen LogP contribution is 1.98. The second-order valence-electron chi connectivity index (χ2n) is 1.20. The van der Waals surface area contributed by atoms with Crippen LogP contribution in [0.4, 0.5) is 0 Å². The Morgan fingerprint density at radius 1 is 2.00 bits per heavy atom. The molecular weight excluding hydrogens is 146 g/mol. The summed E-state index contributed by atoms with van der Waals surface area (Å²) in [6.07, 6.45) is 0. The first-order chi connectivity index (χ1) is 3.72. The van der Waals surface area contributed by atoms with E-state index in [1.807, 2.05) is 0 Å². The summed E-state index contributed by atoms with van der Waals surface area (Å²) < 4.78 is 8.09. The molecule has 8 heavy (non-hydrogen) atoms. The van der Waals surface area contributed by atoms with Crippen LogP contribution < -0.4 is 5.73 Å². The van der Waals surface area contributed by atoms with Gasteiger partial charge in [0.1, 0.15) is 0 Å². The number of nitrogens with two attached hydrogens (primary N) is 1. The molecule has 0 bridgehead atoms. The molecule has 0 radical (unpaired) electrons. The van der Waals surface area contributed by atoms with Crippen LogP contribution in [0.15, 0.2) is 0 Å². The number of hydrogen-bond acceptors (Lipinski definition) is 5. The molecule has 1 atom stereocenters. The van der Waals surface area contributed by atoms with Gasteiger partial charge in [0.05, 0.1) is 18.1 Å². The summed E-state index contributed by atoms with van der Waals surface area (Å²) in [5.41, 5.74) is 5.12. The molecule has 0 unspecified atom stereocenters. The highest BCUT2D eigenvalue weighted by Gasteiger charge is 2.09. The Morgan fingerprint density at radius 3 is 2.62 bits per heavy atom. The van der Waals surface area contributed by atoms with Gasteiger partial charge in [0, 0.05) is 5.75 Å². The van der Waals surface area contributed by atoms with Crippen molar-refractivity contribution in [3.63, 3.8) is 0 Å². The largest absolute Gasteiger partial charge is 0.323 e. The van der Waals surface area contributed by atoms with Crippen molar-refractivity contribution in [1.29, 1.82) is 0 Å². The van der Waals surface area contributed by atoms with E-state index in [2.05, 4.69) is 12.6 Å². The molecule has 5 heteroatoms. The predicted molar refractivity (Wildman–Crippen MR) is 37.1 cm³/mol. The van der Waals surface area contributed by atoms with Crippen LogP contribution in [0, 0.1) is 0 Å². The molecule has 0 rings (SSSR count). The molecule has 48 valence electrons. The Labute approximate surface area is 57.3 Å². The topological polar surface area (TPSA) is 63.3 Å². The molecule has 0 aromatic carbocycles. The highest BCUT2D eigenvalue weighted by atomic mass is 32.2. The van der Waals surface area contributed by atoms with E-state index in [4.69, 9.17) is 10.3 Å². The van der Waals surface area contributed by atoms with Gasteiger partial charge in [-0.25, -0.2) is 0 Å². The molecule has 0 spiro atoms. The molecule has 0 saturated carbocycles. The summed E-state index contributed by atoms with van der Waals surface area (Å²) in [5.74, 6) is 0.270. The van der Waals surface area contributed by atoms with E-state index in [0.717, 1.165) is 0 Å². The zero-order valence-corrected chi connectivity index (χ0v) is 5.78. The molecule has 0 aromatic rings. The summed E-state index contributed by atoms with van der Waals surface area (Å²) in [7, 11) is 0. The minimum atomic E-state index is -0.645. The molecule has 0 heterocycles. The van der Waals surface area contributed by atoms with Gasteiger partial charge < -0.3 is 10.3 Å². The number of carbonyl (C=O) groups is 1. The van der Waals surface area contributed by atoms with Crippen LogP contribution in [-0.2, 0) is 4.79 Å². The summed E-state index contributed by atoms with van der Waals surface area (Å²) in [6, 6.07) is -0.645. The fourth-order valence-corrected chi connectivity index (χ4v) is 0.650. The van der Waals surface area contributed by atoms with Gasteiger partial charge in [-0.2, -0.15) is 12.6 Å². The van der Waals surface area contributed by atoms with Crippen molar-refractivity contribution in [2.75, 3.05) is 5.75 Å². The second-order valence-corrected chi connectivity index (χ2v) is 2.15. The van der Waals surface area contributed by atoms with Crippen LogP contribution >= 0.6 is 24.7 Å². The van der Waals surface area contributed by atoms with Gasteiger partial charge in [-0.1, -0.05) is 0 Å². The van der Waals surface area contributed by atoms with Crippen LogP contribution in [0.2, 0.25) is 0 Å². The van der Waals surface area contributed by atoms with Crippen molar-refractivity contribution in [3.8, 4) is 0 Å². The monoisotopic (exact) mass is 153 g/mol. The second kappa shape index (κ2) is 4.20. The van der Waals surface area contributed by atoms with Crippen molar-refractivity contribution in [3.05, 3.63) is 0 Å². The Balaban J connectivity index is 3.46. The summed E-state index contributed by atoms with van der Waals surface area (Å²) >= 11 is 3.88. The minimum absolute atomic E-state index is 0.145. The third-order valence-electron chi connectivity index (χ3n) is 0.589. The lowest BCUT2D eigenvalue weighted by molar-refractivity contribution is -0.112. The van der Waals surface area contributed by atoms with Crippen molar-refractivity contribution in [1.82, 2.24) is 0 Å². The Morgan fingerprint density at radius 2 is 2.50 bits per heavy atom. The first-order valence-corrected chi connectivity index (χ1v) is 3.34. The van der Waals surface area contributed by atoms with Crippen molar-refractivity contribution in [2.45, 2.75) is 6.04 Å². The first-order valence-electron chi connectivity index (χ1n) is 1.94. The Hall–Kier alpha value is 0.290. The van der Waals surface area contributed by atoms with E-state index in [0.29, 0.717) is 0 Å². The average Bonchev–Trinajstić information content (AvgIpc) is 1.84. The molecule has 0 saturated heterocycles. The lowest BCUT2D eigenvalue weighted by Crippen LogP contribution is -2.29. The van der Waals surface area contributed by atoms with Crippen LogP contribution in [0.1, 0.15) is 0 Å². The first kappa shape index (κ1) is 8.29. The number of hydrogen-bond donors (Lipinski definition) is 3. The van der Waals surface area contributed by atoms with Crippen molar-refractivity contribution >= 4 is 29.8 Å². The van der Waals surface area contributed by atoms with E-state index in [9.17, 15) is 4.79 Å². The lowest BCUT2D eigenvalue weighted by atomic mass is 10.4. The molecule has 3 nitrogen and oxygen atoms in total. The zero-order valence-electron chi connectivity index (χ0n) is 4.07. The maximum absolute atomic E-state index is 10.3. The predicted octanol–water partition coefficient (Wildman–Crippen LogP) is -0.0237. The molecule has 0 aliphatic carbocycles. The molecule has 0 aromatic heterocycles. The van der Waals surface area contributed by atoms with Gasteiger partial charge in [0.25, 0.3) is 0 Å². The molecule has 3 N–H and O–H groups in total. The number of carbonyl (C=O) groups excluding carboxylic acids is 1. The van der Waals surface area contributed by atoms with Gasteiger partial charge in [-0.3, -0.25) is 4.79 Å². The third kappa shape index (κ3) is 2.56. The standard InChI is InChI=1S/C3H7NO2S2/c4-2(1-7)3(5)8-6/h2,6-7H,1,4H2/t2-/m0/s1. The summed E-state index contributed by atoms with van der Waals surface area (Å²) in [6.45, 7) is 0. The van der Waals surface area contributed by atoms with E-state index in [1.54, 1.807) is 0 Å². The van der Waals surface area contributed by atoms with Crippen molar-refractivity contribution in [2.24, 2.45) is 5.73 Å². The normalized spacial score (nSPS) is 13.4. The SMILES string of the molecule is N[C@@H](CS)C(=O)SO. The number of thiol groups is 1. The highest BCUT2D eigenvalue weighted by molar-refractivity contribution is 8.09. The fraction of sp³-hybridized carbons (Fsp3) is 0.667. The van der Waals surface area contributed by atoms with Gasteiger partial charge in [0.15, 0.2) is 0 Å². The molecule has 0 aliphatic heterocycles. The van der Waals surface area contributed by atoms with E-state index in [-0.39, 0.29) is 17.8 Å². The lowest BCUT2D eigenvalue weighted by Gasteiger charge is -1.99. The van der Waals surface area contributed by atoms with Gasteiger partial charge >= 0.3 is 0 Å². The zero-order chi connectivity index (χ0) is 6.57. The van der Waals surface area contributed by atoms with E-state index in [1.165, 1.54) is 0 Å². The maximum atomic E-state index is 10.3. The smallest absolute Gasteiger partial charge is 0.232 e. The van der Waals surface area contributed by atoms with E-state index < -0.39 is 11.2 Å². The maximum Gasteiger partial charge on any atom is 0.232 e. The Bertz CT molecular complexity index is 87.4. The summed E-state index contributed by atoms with van der Waals surface area (Å²) in [5, 5.41) is -0.444. The summed E-state index contributed by atoms with van der Waals surface area (Å²) in [4.78, 5) is 10.3. The van der Waals surface area contributed by atoms with Crippen molar-refractivity contribution < 1.29 is 9.35 Å². The van der Waals surface area contributed by atoms with Crippen LogP contribution in [-0.4, -0.2) is 21.5 Å².